The van der Waals surface area contributed by atoms with E-state index in [4.69, 9.17) is 9.47 Å². The molecule has 6 fully saturated rings. The van der Waals surface area contributed by atoms with Crippen LogP contribution in [-0.4, -0.2) is 116 Å². The van der Waals surface area contributed by atoms with Crippen LogP contribution in [0.5, 0.6) is 11.5 Å². The molecular weight excluding hydrogens is 644 g/mol. The van der Waals surface area contributed by atoms with Crippen molar-refractivity contribution in [3.05, 3.63) is 72.3 Å². The van der Waals surface area contributed by atoms with Gasteiger partial charge in [0.2, 0.25) is 0 Å². The molecule has 0 aliphatic carbocycles. The van der Waals surface area contributed by atoms with Crippen molar-refractivity contribution in [2.24, 2.45) is 11.8 Å². The Morgan fingerprint density at radius 1 is 0.620 bits per heavy atom. The van der Waals surface area contributed by atoms with Crippen LogP contribution in [0.25, 0.3) is 11.0 Å². The first-order chi connectivity index (χ1) is 24.2. The summed E-state index contributed by atoms with van der Waals surface area (Å²) in [6, 6.07) is 9.69. The quantitative estimate of drug-likeness (QED) is 0.188. The molecule has 6 aliphatic heterocycles. The topological polar surface area (TPSA) is 167 Å². The Labute approximate surface area is 287 Å². The van der Waals surface area contributed by atoms with Crippen molar-refractivity contribution in [1.82, 2.24) is 29.2 Å². The van der Waals surface area contributed by atoms with Crippen LogP contribution in [0.2, 0.25) is 0 Å². The van der Waals surface area contributed by atoms with E-state index >= 15 is 0 Å². The van der Waals surface area contributed by atoms with Crippen molar-refractivity contribution in [2.75, 3.05) is 39.3 Å². The lowest BCUT2D eigenvalue weighted by Crippen LogP contribution is -2.57. The summed E-state index contributed by atoms with van der Waals surface area (Å²) >= 11 is 0. The molecule has 0 radical (unpaired) electrons. The number of aliphatic hydroxyl groups excluding tert-OH is 2. The lowest BCUT2D eigenvalue weighted by molar-refractivity contribution is -0.162. The summed E-state index contributed by atoms with van der Waals surface area (Å²) in [5.41, 5.74) is 1.78. The van der Waals surface area contributed by atoms with E-state index in [0.717, 1.165) is 65.0 Å². The van der Waals surface area contributed by atoms with Gasteiger partial charge in [-0.1, -0.05) is 0 Å². The minimum Gasteiger partial charge on any atom is -0.422 e. The monoisotopic (exact) mass is 684 g/mol. The first-order valence-electron chi connectivity index (χ1n) is 17.3. The molecule has 6 aliphatic rings. The van der Waals surface area contributed by atoms with Crippen molar-refractivity contribution in [1.29, 1.82) is 0 Å². The minimum absolute atomic E-state index is 0.0748. The largest absolute Gasteiger partial charge is 0.422 e. The fraction of sp³-hybridized carbons (Fsp3) is 0.444. The average Bonchev–Trinajstić information content (AvgIpc) is 3.74. The van der Waals surface area contributed by atoms with Crippen molar-refractivity contribution >= 4 is 34.8 Å². The number of hydrogen-bond acceptors (Lipinski definition) is 10. The Balaban J connectivity index is 0.868. The highest BCUT2D eigenvalue weighted by Gasteiger charge is 2.37. The highest BCUT2D eigenvalue weighted by molar-refractivity contribution is 5.96. The van der Waals surface area contributed by atoms with Gasteiger partial charge in [0.25, 0.3) is 11.8 Å². The number of rotatable bonds is 9. The molecule has 4 unspecified atom stereocenters. The number of carbonyl (C=O) groups is 4. The van der Waals surface area contributed by atoms with Gasteiger partial charge in [-0.25, -0.2) is 9.59 Å². The highest BCUT2D eigenvalue weighted by atomic mass is 16.6. The third-order valence-corrected chi connectivity index (χ3v) is 10.9. The zero-order valence-corrected chi connectivity index (χ0v) is 27.4. The molecule has 4 atom stereocenters. The van der Waals surface area contributed by atoms with Crippen LogP contribution in [0.3, 0.4) is 0 Å². The average molecular weight is 685 g/mol. The van der Waals surface area contributed by atoms with E-state index in [1.54, 1.807) is 57.9 Å². The maximum atomic E-state index is 13.0. The van der Waals surface area contributed by atoms with E-state index < -0.39 is 24.1 Å². The number of aliphatic hydroxyl groups is 2. The number of nitrogens with zero attached hydrogens (tertiary/aromatic N) is 4. The molecule has 4 N–H and O–H groups in total. The van der Waals surface area contributed by atoms with E-state index in [-0.39, 0.29) is 35.4 Å². The van der Waals surface area contributed by atoms with Crippen LogP contribution < -0.4 is 20.1 Å². The Morgan fingerprint density at radius 3 is 1.38 bits per heavy atom. The fourth-order valence-electron chi connectivity index (χ4n) is 7.96. The van der Waals surface area contributed by atoms with Crippen molar-refractivity contribution in [3.8, 4) is 11.5 Å². The number of fused-ring (bicyclic) bond motifs is 8. The predicted octanol–water partition coefficient (Wildman–Crippen LogP) is 1.07. The van der Waals surface area contributed by atoms with Gasteiger partial charge in [-0.2, -0.15) is 0 Å². The van der Waals surface area contributed by atoms with E-state index in [9.17, 15) is 29.4 Å². The molecule has 10 heterocycles. The third-order valence-electron chi connectivity index (χ3n) is 10.9. The number of pyridine rings is 2. The summed E-state index contributed by atoms with van der Waals surface area (Å²) < 4.78 is 13.9. The molecule has 0 saturated carbocycles. The van der Waals surface area contributed by atoms with Crippen LogP contribution in [0.1, 0.15) is 46.4 Å². The normalized spacial score (nSPS) is 26.8. The summed E-state index contributed by atoms with van der Waals surface area (Å²) in [7, 11) is 0. The molecule has 50 heavy (non-hydrogen) atoms. The highest BCUT2D eigenvalue weighted by Crippen LogP contribution is 2.30. The number of aromatic nitrogens is 2. The molecule has 14 nitrogen and oxygen atoms in total. The number of amides is 2. The molecule has 10 rings (SSSR count). The van der Waals surface area contributed by atoms with Crippen LogP contribution in [-0.2, 0) is 9.59 Å². The summed E-state index contributed by atoms with van der Waals surface area (Å²) in [6.07, 6.45) is 6.32. The number of piperidine rings is 6. The first-order valence-corrected chi connectivity index (χ1v) is 17.3. The molecule has 4 aromatic rings. The number of carbonyl (C=O) groups excluding carboxylic acids is 4. The van der Waals surface area contributed by atoms with Gasteiger partial charge in [0.05, 0.1) is 22.2 Å². The van der Waals surface area contributed by atoms with Crippen molar-refractivity contribution < 1.29 is 38.9 Å². The first kappa shape index (κ1) is 32.4. The van der Waals surface area contributed by atoms with Crippen LogP contribution in [0.15, 0.2) is 61.2 Å². The second kappa shape index (κ2) is 13.2. The molecule has 0 spiro atoms. The molecule has 0 aromatic carbocycles. The van der Waals surface area contributed by atoms with Crippen molar-refractivity contribution in [3.63, 3.8) is 0 Å². The van der Waals surface area contributed by atoms with Gasteiger partial charge in [0.1, 0.15) is 0 Å². The summed E-state index contributed by atoms with van der Waals surface area (Å²) in [4.78, 5) is 56.3. The Morgan fingerprint density at radius 2 is 1.02 bits per heavy atom. The molecular formula is C36H40N6O8. The van der Waals surface area contributed by atoms with Crippen LogP contribution >= 0.6 is 0 Å². The second-order valence-electron chi connectivity index (χ2n) is 13.9. The van der Waals surface area contributed by atoms with Gasteiger partial charge in [-0.15, -0.1) is 0 Å². The molecule has 4 bridgehead atoms. The lowest BCUT2D eigenvalue weighted by Gasteiger charge is -2.44. The molecule has 14 heteroatoms. The number of hydrogen-bond donors (Lipinski definition) is 4. The standard InChI is InChI=1S/C36H40N6O8/c43-31(35(47)49-29-9-15-41-17-23(1-3-27(29)41)33(45)37-25-19-39-11-5-21(25)6-12-39)32(44)36(48)50-30-10-16-42-18-24(2-4-28(30)42)34(46)38-26-20-40-13-7-22(26)8-14-40/h1-4,9-10,15-18,21-22,25-26,31-32,43-44H,5-8,11-14,19-20H2,(H,37,45)(H,38,46). The SMILES string of the molecule is O=C(NC1CN2CCC1CC2)c1ccc2c(OC(=O)C(O)C(O)C(=O)Oc3ccn4cc(C(=O)NC5CN6CCC5CC6)ccc34)ccn2c1. The second-order valence-corrected chi connectivity index (χ2v) is 13.9. The van der Waals surface area contributed by atoms with Gasteiger partial charge < -0.3 is 48.9 Å². The Bertz CT molecular complexity index is 1820. The van der Waals surface area contributed by atoms with Crippen molar-refractivity contribution in [2.45, 2.75) is 50.0 Å². The molecule has 262 valence electrons. The van der Waals surface area contributed by atoms with E-state index in [1.165, 1.54) is 12.1 Å². The summed E-state index contributed by atoms with van der Waals surface area (Å²) in [5.74, 6) is -1.76. The smallest absolute Gasteiger partial charge is 0.343 e. The molecule has 6 saturated heterocycles. The van der Waals surface area contributed by atoms with Crippen LogP contribution in [0.4, 0.5) is 0 Å². The third kappa shape index (κ3) is 6.23. The van der Waals surface area contributed by atoms with E-state index in [1.807, 2.05) is 0 Å². The number of nitrogens with one attached hydrogen (secondary N) is 2. The maximum Gasteiger partial charge on any atom is 0.343 e. The summed E-state index contributed by atoms with van der Waals surface area (Å²) in [5, 5.41) is 27.3. The van der Waals surface area contributed by atoms with Crippen LogP contribution in [0, 0.1) is 11.8 Å². The Kier molecular flexibility index (Phi) is 8.55. The van der Waals surface area contributed by atoms with Gasteiger partial charge in [0, 0.05) is 50.0 Å². The zero-order valence-electron chi connectivity index (χ0n) is 27.4. The van der Waals surface area contributed by atoms with E-state index in [0.29, 0.717) is 34.0 Å². The van der Waals surface area contributed by atoms with Gasteiger partial charge in [0.15, 0.2) is 23.7 Å². The lowest BCUT2D eigenvalue weighted by atomic mass is 9.84. The molecule has 4 aromatic heterocycles. The van der Waals surface area contributed by atoms with Gasteiger partial charge >= 0.3 is 11.9 Å². The number of ether oxygens (including phenoxy) is 2. The minimum atomic E-state index is -2.24. The Hall–Kier alpha value is -4.76. The number of esters is 2. The molecule has 2 amide bonds. The van der Waals surface area contributed by atoms with Gasteiger partial charge in [-0.05, 0) is 100 Å². The zero-order chi connectivity index (χ0) is 34.5. The summed E-state index contributed by atoms with van der Waals surface area (Å²) in [6.45, 7) is 6.02. The maximum absolute atomic E-state index is 13.0. The van der Waals surface area contributed by atoms with Gasteiger partial charge in [-0.3, -0.25) is 9.59 Å². The fourth-order valence-corrected chi connectivity index (χ4v) is 7.96. The van der Waals surface area contributed by atoms with E-state index in [2.05, 4.69) is 20.4 Å². The predicted molar refractivity (Wildman–Crippen MR) is 179 cm³/mol.